The van der Waals surface area contributed by atoms with Crippen molar-refractivity contribution in [3.8, 4) is 17.0 Å². The number of nitrogens with zero attached hydrogens (tertiary/aromatic N) is 4. The summed E-state index contributed by atoms with van der Waals surface area (Å²) in [4.78, 5) is 20.4. The third-order valence-corrected chi connectivity index (χ3v) is 5.94. The van der Waals surface area contributed by atoms with E-state index < -0.39 is 0 Å². The van der Waals surface area contributed by atoms with E-state index in [0.717, 1.165) is 10.4 Å². The van der Waals surface area contributed by atoms with Gasteiger partial charge in [0.1, 0.15) is 12.1 Å². The summed E-state index contributed by atoms with van der Waals surface area (Å²) in [6.07, 6.45) is 1.71. The maximum absolute atomic E-state index is 13.4. The second-order valence-electron chi connectivity index (χ2n) is 6.51. The average Bonchev–Trinajstić information content (AvgIpc) is 3.16. The normalized spacial score (nSPS) is 16.2. The van der Waals surface area contributed by atoms with Gasteiger partial charge in [-0.3, -0.25) is 4.90 Å². The Hall–Kier alpha value is -2.38. The van der Waals surface area contributed by atoms with Crippen LogP contribution >= 0.6 is 22.9 Å². The fourth-order valence-corrected chi connectivity index (χ4v) is 4.60. The molecule has 0 spiro atoms. The van der Waals surface area contributed by atoms with Crippen LogP contribution in [0.3, 0.4) is 0 Å². The predicted octanol–water partition coefficient (Wildman–Crippen LogP) is 2.50. The van der Waals surface area contributed by atoms with E-state index >= 15 is 0 Å². The Morgan fingerprint density at radius 1 is 1.42 bits per heavy atom. The van der Waals surface area contributed by atoms with E-state index in [-0.39, 0.29) is 17.5 Å². The summed E-state index contributed by atoms with van der Waals surface area (Å²) in [5.41, 5.74) is 1.81. The van der Waals surface area contributed by atoms with E-state index in [4.69, 9.17) is 11.6 Å². The Morgan fingerprint density at radius 2 is 2.19 bits per heavy atom. The fraction of sp³-hybridized carbons (Fsp3) is 0.278. The standard InChI is InChI=1S/C18H17ClN4O2S/c1-10-5-4-6-11(7-10)14-15(24)22(3)18-21(2)9-12(23(18)16(14)25)13-8-20-17(19)26-13/h4-8,12H,9H2,1-3H3/p+1. The number of hydrogen-bond donors (Lipinski definition) is 1. The summed E-state index contributed by atoms with van der Waals surface area (Å²) in [5.74, 6) is 0.611. The Bertz CT molecular complexity index is 1080. The molecule has 0 bridgehead atoms. The number of fused-ring (bicyclic) bond motifs is 1. The molecule has 1 aliphatic heterocycles. The molecule has 4 rings (SSSR count). The number of aromatic nitrogens is 3. The van der Waals surface area contributed by atoms with Gasteiger partial charge in [-0.25, -0.2) is 14.3 Å². The van der Waals surface area contributed by atoms with Gasteiger partial charge in [-0.05, 0) is 12.5 Å². The number of hydrogen-bond acceptors (Lipinski definition) is 5. The van der Waals surface area contributed by atoms with Gasteiger partial charge in [0.2, 0.25) is 0 Å². The van der Waals surface area contributed by atoms with Crippen LogP contribution in [0.4, 0.5) is 5.95 Å². The minimum absolute atomic E-state index is 0.0401. The van der Waals surface area contributed by atoms with Crippen molar-refractivity contribution in [1.29, 1.82) is 0 Å². The van der Waals surface area contributed by atoms with Crippen LogP contribution in [0.15, 0.2) is 35.3 Å². The van der Waals surface area contributed by atoms with Gasteiger partial charge in [0.25, 0.3) is 5.88 Å². The number of anilines is 1. The van der Waals surface area contributed by atoms with Gasteiger partial charge in [-0.2, -0.15) is 4.57 Å². The second-order valence-corrected chi connectivity index (χ2v) is 8.16. The summed E-state index contributed by atoms with van der Waals surface area (Å²) < 4.78 is 3.83. The van der Waals surface area contributed by atoms with Crippen LogP contribution in [-0.2, 0) is 7.05 Å². The van der Waals surface area contributed by atoms with E-state index in [2.05, 4.69) is 4.98 Å². The molecule has 8 heteroatoms. The molecule has 0 aliphatic carbocycles. The summed E-state index contributed by atoms with van der Waals surface area (Å²) in [5, 5.41) is 10.8. The van der Waals surface area contributed by atoms with Crippen molar-refractivity contribution < 1.29 is 9.67 Å². The quantitative estimate of drug-likeness (QED) is 0.684. The second kappa shape index (κ2) is 6.10. The van der Waals surface area contributed by atoms with Crippen LogP contribution in [0.25, 0.3) is 11.1 Å². The molecule has 3 heterocycles. The zero-order valence-electron chi connectivity index (χ0n) is 14.6. The van der Waals surface area contributed by atoms with Gasteiger partial charge in [0.15, 0.2) is 10.5 Å². The number of aromatic hydroxyl groups is 1. The van der Waals surface area contributed by atoms with Crippen molar-refractivity contribution in [2.45, 2.75) is 13.0 Å². The lowest BCUT2D eigenvalue weighted by atomic mass is 10.1. The maximum Gasteiger partial charge on any atom is 0.365 e. The highest BCUT2D eigenvalue weighted by Crippen LogP contribution is 2.35. The molecule has 1 unspecified atom stereocenters. The van der Waals surface area contributed by atoms with Gasteiger partial charge >= 0.3 is 11.5 Å². The predicted molar refractivity (Wildman–Crippen MR) is 102 cm³/mol. The number of halogens is 1. The molecule has 0 saturated heterocycles. The van der Waals surface area contributed by atoms with Crippen molar-refractivity contribution in [2.24, 2.45) is 7.05 Å². The number of thiazole rings is 1. The summed E-state index contributed by atoms with van der Waals surface area (Å²) in [6, 6.07) is 7.40. The zero-order chi connectivity index (χ0) is 18.6. The minimum atomic E-state index is -0.222. The van der Waals surface area contributed by atoms with Crippen LogP contribution in [-0.4, -0.2) is 28.3 Å². The van der Waals surface area contributed by atoms with Crippen molar-refractivity contribution in [3.63, 3.8) is 0 Å². The first kappa shape index (κ1) is 17.1. The molecule has 2 aromatic heterocycles. The summed E-state index contributed by atoms with van der Waals surface area (Å²) in [6.45, 7) is 2.57. The van der Waals surface area contributed by atoms with E-state index in [1.54, 1.807) is 22.4 Å². The molecular formula is C18H18ClN4O2S+. The molecule has 134 valence electrons. The molecule has 0 amide bonds. The van der Waals surface area contributed by atoms with Gasteiger partial charge in [-0.1, -0.05) is 41.4 Å². The third-order valence-electron chi connectivity index (χ3n) is 4.72. The van der Waals surface area contributed by atoms with Crippen molar-refractivity contribution in [2.75, 3.05) is 18.5 Å². The van der Waals surface area contributed by atoms with Crippen LogP contribution < -0.4 is 15.0 Å². The largest absolute Gasteiger partial charge is 0.483 e. The molecule has 6 nitrogen and oxygen atoms in total. The van der Waals surface area contributed by atoms with Gasteiger partial charge in [-0.15, -0.1) is 11.3 Å². The Labute approximate surface area is 159 Å². The molecule has 0 radical (unpaired) electrons. The van der Waals surface area contributed by atoms with Crippen LogP contribution in [0.1, 0.15) is 16.5 Å². The van der Waals surface area contributed by atoms with Gasteiger partial charge < -0.3 is 5.11 Å². The Morgan fingerprint density at radius 3 is 2.85 bits per heavy atom. The number of likely N-dealkylation sites (N-methyl/N-ethyl adjacent to an activating group) is 1. The maximum atomic E-state index is 13.4. The molecular weight excluding hydrogens is 372 g/mol. The molecule has 1 N–H and O–H groups in total. The monoisotopic (exact) mass is 389 g/mol. The molecule has 1 aliphatic rings. The van der Waals surface area contributed by atoms with Gasteiger partial charge in [0, 0.05) is 6.20 Å². The lowest BCUT2D eigenvalue weighted by Crippen LogP contribution is -2.41. The highest BCUT2D eigenvalue weighted by molar-refractivity contribution is 7.15. The van der Waals surface area contributed by atoms with E-state index in [1.807, 2.05) is 43.1 Å². The molecule has 1 atom stereocenters. The minimum Gasteiger partial charge on any atom is -0.483 e. The smallest absolute Gasteiger partial charge is 0.365 e. The van der Waals surface area contributed by atoms with E-state index in [9.17, 15) is 9.90 Å². The summed E-state index contributed by atoms with van der Waals surface area (Å²) in [7, 11) is 3.66. The zero-order valence-corrected chi connectivity index (χ0v) is 16.2. The first-order chi connectivity index (χ1) is 12.4. The first-order valence-electron chi connectivity index (χ1n) is 8.15. The van der Waals surface area contributed by atoms with Crippen molar-refractivity contribution in [1.82, 2.24) is 9.55 Å². The highest BCUT2D eigenvalue weighted by atomic mass is 35.5. The average molecular weight is 390 g/mol. The van der Waals surface area contributed by atoms with Crippen LogP contribution in [0, 0.1) is 6.92 Å². The van der Waals surface area contributed by atoms with E-state index in [1.165, 1.54) is 11.3 Å². The van der Waals surface area contributed by atoms with Crippen molar-refractivity contribution in [3.05, 3.63) is 55.7 Å². The lowest BCUT2D eigenvalue weighted by Gasteiger charge is -2.12. The van der Waals surface area contributed by atoms with E-state index in [0.29, 0.717) is 28.1 Å². The topological polar surface area (TPSA) is 62.2 Å². The summed E-state index contributed by atoms with van der Waals surface area (Å²) >= 11 is 7.37. The fourth-order valence-electron chi connectivity index (χ4n) is 3.56. The molecule has 0 fully saturated rings. The molecule has 3 aromatic rings. The lowest BCUT2D eigenvalue weighted by molar-refractivity contribution is -0.668. The SMILES string of the molecule is Cc1cccc(-c2c(O)[n+](C)c3n(c2=O)C(c2cnc(Cl)s2)CN3C)c1. The third kappa shape index (κ3) is 2.50. The van der Waals surface area contributed by atoms with Crippen molar-refractivity contribution >= 4 is 28.9 Å². The number of aryl methyl sites for hydroxylation is 1. The molecule has 0 saturated carbocycles. The molecule has 26 heavy (non-hydrogen) atoms. The molecule has 1 aromatic carbocycles. The number of rotatable bonds is 2. The Kier molecular flexibility index (Phi) is 4.00. The first-order valence-corrected chi connectivity index (χ1v) is 9.35. The number of benzene rings is 1. The highest BCUT2D eigenvalue weighted by Gasteiger charge is 2.41. The van der Waals surface area contributed by atoms with Crippen LogP contribution in [0.5, 0.6) is 5.88 Å². The van der Waals surface area contributed by atoms with Crippen LogP contribution in [0.2, 0.25) is 4.47 Å². The van der Waals surface area contributed by atoms with Gasteiger partial charge in [0.05, 0.1) is 19.0 Å². The Balaban J connectivity index is 2.01.